The van der Waals surface area contributed by atoms with Crippen LogP contribution in [0.2, 0.25) is 0 Å². The van der Waals surface area contributed by atoms with E-state index in [0.29, 0.717) is 12.2 Å². The molecule has 2 heterocycles. The summed E-state index contributed by atoms with van der Waals surface area (Å²) in [5.74, 6) is -1.06. The topological polar surface area (TPSA) is 97.5 Å². The standard InChI is InChI=1S/C17H20N4O4/c1-10-8-20(9-14(10)17(23)24)16(22)15-11(2)21(19-18-15)12-4-6-13(25-3)7-5-12/h4-7,10,14H,8-9H2,1-3H3,(H,23,24)/t10-,14-/m1/s1. The third-order valence-electron chi connectivity index (χ3n) is 4.63. The van der Waals surface area contributed by atoms with Gasteiger partial charge < -0.3 is 14.7 Å². The molecule has 0 bridgehead atoms. The average Bonchev–Trinajstić information content (AvgIpc) is 3.17. The minimum absolute atomic E-state index is 0.0848. The van der Waals surface area contributed by atoms with E-state index in [0.717, 1.165) is 11.4 Å². The molecule has 1 amide bonds. The summed E-state index contributed by atoms with van der Waals surface area (Å²) in [7, 11) is 1.59. The van der Waals surface area contributed by atoms with Crippen molar-refractivity contribution in [3.8, 4) is 11.4 Å². The molecule has 1 fully saturated rings. The molecule has 1 aromatic heterocycles. The Morgan fingerprint density at radius 1 is 1.24 bits per heavy atom. The Morgan fingerprint density at radius 3 is 2.48 bits per heavy atom. The SMILES string of the molecule is COc1ccc(-n2nnc(C(=O)N3C[C@@H](C)[C@H](C(=O)O)C3)c2C)cc1. The number of likely N-dealkylation sites (tertiary alicyclic amines) is 1. The van der Waals surface area contributed by atoms with Crippen molar-refractivity contribution in [1.82, 2.24) is 19.9 Å². The molecule has 132 valence electrons. The fourth-order valence-electron chi connectivity index (χ4n) is 3.10. The summed E-state index contributed by atoms with van der Waals surface area (Å²) >= 11 is 0. The number of aromatic nitrogens is 3. The maximum Gasteiger partial charge on any atom is 0.308 e. The van der Waals surface area contributed by atoms with Gasteiger partial charge in [-0.15, -0.1) is 5.10 Å². The van der Waals surface area contributed by atoms with Crippen LogP contribution in [0.4, 0.5) is 0 Å². The van der Waals surface area contributed by atoms with Crippen molar-refractivity contribution in [2.24, 2.45) is 11.8 Å². The predicted molar refractivity (Wildman–Crippen MR) is 88.8 cm³/mol. The second-order valence-electron chi connectivity index (χ2n) is 6.27. The van der Waals surface area contributed by atoms with E-state index in [4.69, 9.17) is 4.74 Å². The highest BCUT2D eigenvalue weighted by Crippen LogP contribution is 2.25. The second-order valence-corrected chi connectivity index (χ2v) is 6.27. The molecule has 3 rings (SSSR count). The van der Waals surface area contributed by atoms with Crippen LogP contribution in [0.3, 0.4) is 0 Å². The van der Waals surface area contributed by atoms with Gasteiger partial charge in [0.05, 0.1) is 24.4 Å². The highest BCUT2D eigenvalue weighted by atomic mass is 16.5. The van der Waals surface area contributed by atoms with Gasteiger partial charge in [-0.1, -0.05) is 12.1 Å². The molecule has 0 unspecified atom stereocenters. The van der Waals surface area contributed by atoms with Crippen molar-refractivity contribution in [3.05, 3.63) is 35.7 Å². The third kappa shape index (κ3) is 3.07. The molecule has 1 aliphatic rings. The smallest absolute Gasteiger partial charge is 0.308 e. The van der Waals surface area contributed by atoms with Crippen LogP contribution in [0.1, 0.15) is 23.1 Å². The van der Waals surface area contributed by atoms with Gasteiger partial charge in [0.2, 0.25) is 0 Å². The van der Waals surface area contributed by atoms with Gasteiger partial charge in [0.1, 0.15) is 5.75 Å². The number of hydrogen-bond donors (Lipinski definition) is 1. The van der Waals surface area contributed by atoms with Gasteiger partial charge in [-0.25, -0.2) is 4.68 Å². The summed E-state index contributed by atoms with van der Waals surface area (Å²) in [6, 6.07) is 7.26. The van der Waals surface area contributed by atoms with E-state index < -0.39 is 11.9 Å². The van der Waals surface area contributed by atoms with Crippen LogP contribution in [0, 0.1) is 18.8 Å². The van der Waals surface area contributed by atoms with Crippen molar-refractivity contribution in [2.75, 3.05) is 20.2 Å². The summed E-state index contributed by atoms with van der Waals surface area (Å²) in [5.41, 5.74) is 1.62. The Labute approximate surface area is 145 Å². The van der Waals surface area contributed by atoms with Crippen molar-refractivity contribution in [2.45, 2.75) is 13.8 Å². The number of amides is 1. The molecular weight excluding hydrogens is 324 g/mol. The van der Waals surface area contributed by atoms with Gasteiger partial charge >= 0.3 is 5.97 Å². The molecule has 0 spiro atoms. The number of carboxylic acid groups (broad SMARTS) is 1. The number of nitrogens with zero attached hydrogens (tertiary/aromatic N) is 4. The van der Waals surface area contributed by atoms with E-state index in [1.54, 1.807) is 35.7 Å². The van der Waals surface area contributed by atoms with E-state index in [-0.39, 0.29) is 24.1 Å². The minimum Gasteiger partial charge on any atom is -0.497 e. The summed E-state index contributed by atoms with van der Waals surface area (Å²) < 4.78 is 6.72. The highest BCUT2D eigenvalue weighted by molar-refractivity contribution is 5.94. The number of carbonyl (C=O) groups is 2. The van der Waals surface area contributed by atoms with E-state index in [1.165, 1.54) is 0 Å². The van der Waals surface area contributed by atoms with Crippen LogP contribution in [0.25, 0.3) is 5.69 Å². The lowest BCUT2D eigenvalue weighted by Crippen LogP contribution is -2.30. The zero-order valence-electron chi connectivity index (χ0n) is 14.3. The number of methoxy groups -OCH3 is 1. The highest BCUT2D eigenvalue weighted by Gasteiger charge is 2.38. The molecule has 0 radical (unpaired) electrons. The van der Waals surface area contributed by atoms with E-state index in [2.05, 4.69) is 10.3 Å². The van der Waals surface area contributed by atoms with E-state index in [1.807, 2.05) is 19.1 Å². The first-order valence-corrected chi connectivity index (χ1v) is 8.01. The molecule has 25 heavy (non-hydrogen) atoms. The molecule has 0 saturated carbocycles. The molecule has 1 N–H and O–H groups in total. The average molecular weight is 344 g/mol. The first-order valence-electron chi connectivity index (χ1n) is 8.01. The maximum absolute atomic E-state index is 12.7. The fraction of sp³-hybridized carbons (Fsp3) is 0.412. The molecule has 0 aliphatic carbocycles. The van der Waals surface area contributed by atoms with Crippen molar-refractivity contribution in [3.63, 3.8) is 0 Å². The number of benzene rings is 1. The predicted octanol–water partition coefficient (Wildman–Crippen LogP) is 1.38. The lowest BCUT2D eigenvalue weighted by Gasteiger charge is -2.14. The lowest BCUT2D eigenvalue weighted by molar-refractivity contribution is -0.142. The van der Waals surface area contributed by atoms with Crippen LogP contribution in [-0.2, 0) is 4.79 Å². The normalized spacial score (nSPS) is 19.9. The Kier molecular flexibility index (Phi) is 4.43. The Morgan fingerprint density at radius 2 is 1.92 bits per heavy atom. The van der Waals surface area contributed by atoms with E-state index >= 15 is 0 Å². The zero-order chi connectivity index (χ0) is 18.1. The number of aliphatic carboxylic acids is 1. The molecule has 1 saturated heterocycles. The summed E-state index contributed by atoms with van der Waals surface area (Å²) in [5, 5.41) is 17.3. The van der Waals surface area contributed by atoms with Gasteiger partial charge in [0.25, 0.3) is 5.91 Å². The van der Waals surface area contributed by atoms with Crippen LogP contribution in [0.5, 0.6) is 5.75 Å². The molecule has 2 aromatic rings. The van der Waals surface area contributed by atoms with Crippen molar-refractivity contribution < 1.29 is 19.4 Å². The Balaban J connectivity index is 1.83. The molecule has 8 nitrogen and oxygen atoms in total. The first kappa shape index (κ1) is 16.9. The maximum atomic E-state index is 12.7. The van der Waals surface area contributed by atoms with Gasteiger partial charge in [-0.05, 0) is 37.1 Å². The number of ether oxygens (including phenoxy) is 1. The monoisotopic (exact) mass is 344 g/mol. The van der Waals surface area contributed by atoms with Crippen molar-refractivity contribution >= 4 is 11.9 Å². The van der Waals surface area contributed by atoms with E-state index in [9.17, 15) is 14.7 Å². The Hall–Kier alpha value is -2.90. The zero-order valence-corrected chi connectivity index (χ0v) is 14.3. The molecular formula is C17H20N4O4. The summed E-state index contributed by atoms with van der Waals surface area (Å²) in [6.45, 7) is 4.22. The number of hydrogen-bond acceptors (Lipinski definition) is 5. The van der Waals surface area contributed by atoms with Gasteiger partial charge in [-0.3, -0.25) is 9.59 Å². The number of rotatable bonds is 4. The molecule has 2 atom stereocenters. The van der Waals surface area contributed by atoms with Crippen LogP contribution in [-0.4, -0.2) is 57.1 Å². The first-order chi connectivity index (χ1) is 11.9. The van der Waals surface area contributed by atoms with Gasteiger partial charge in [-0.2, -0.15) is 0 Å². The van der Waals surface area contributed by atoms with Crippen LogP contribution < -0.4 is 4.74 Å². The van der Waals surface area contributed by atoms with Gasteiger partial charge in [0, 0.05) is 13.1 Å². The molecule has 1 aromatic carbocycles. The molecule has 1 aliphatic heterocycles. The Bertz CT molecular complexity index is 799. The second kappa shape index (κ2) is 6.54. The lowest BCUT2D eigenvalue weighted by atomic mass is 9.99. The summed E-state index contributed by atoms with van der Waals surface area (Å²) in [6.07, 6.45) is 0. The third-order valence-corrected chi connectivity index (χ3v) is 4.63. The minimum atomic E-state index is -0.874. The largest absolute Gasteiger partial charge is 0.497 e. The van der Waals surface area contributed by atoms with Crippen molar-refractivity contribution in [1.29, 1.82) is 0 Å². The van der Waals surface area contributed by atoms with Crippen LogP contribution in [0.15, 0.2) is 24.3 Å². The van der Waals surface area contributed by atoms with Gasteiger partial charge in [0.15, 0.2) is 5.69 Å². The quantitative estimate of drug-likeness (QED) is 0.900. The number of carboxylic acids is 1. The summed E-state index contributed by atoms with van der Waals surface area (Å²) in [4.78, 5) is 25.5. The van der Waals surface area contributed by atoms with Crippen LogP contribution >= 0.6 is 0 Å². The fourth-order valence-corrected chi connectivity index (χ4v) is 3.10. The molecule has 8 heteroatoms. The number of carbonyl (C=O) groups excluding carboxylic acids is 1.